The summed E-state index contributed by atoms with van der Waals surface area (Å²) in [6, 6.07) is 10.4. The van der Waals surface area contributed by atoms with Gasteiger partial charge in [0, 0.05) is 37.1 Å². The van der Waals surface area contributed by atoms with E-state index in [0.717, 1.165) is 66.1 Å². The van der Waals surface area contributed by atoms with Crippen molar-refractivity contribution in [2.24, 2.45) is 5.92 Å². The molecule has 2 N–H and O–H groups in total. The predicted molar refractivity (Wildman–Crippen MR) is 111 cm³/mol. The van der Waals surface area contributed by atoms with E-state index in [1.165, 1.54) is 12.1 Å². The molecule has 7 heteroatoms. The highest BCUT2D eigenvalue weighted by Crippen LogP contribution is 2.33. The first kappa shape index (κ1) is 19.0. The normalized spacial score (nSPS) is 14.9. The van der Waals surface area contributed by atoms with Crippen LogP contribution >= 0.6 is 11.8 Å². The highest BCUT2D eigenvalue weighted by molar-refractivity contribution is 7.98. The van der Waals surface area contributed by atoms with Crippen molar-refractivity contribution in [3.8, 4) is 22.5 Å². The third-order valence-electron chi connectivity index (χ3n) is 4.95. The first-order valence-corrected chi connectivity index (χ1v) is 10.6. The lowest BCUT2D eigenvalue weighted by Gasteiger charge is -2.22. The lowest BCUT2D eigenvalue weighted by atomic mass is 10.0. The van der Waals surface area contributed by atoms with Crippen LogP contribution in [0.5, 0.6) is 0 Å². The van der Waals surface area contributed by atoms with Crippen molar-refractivity contribution < 1.29 is 9.13 Å². The number of ether oxygens (including phenoxy) is 1. The van der Waals surface area contributed by atoms with Crippen LogP contribution in [0.4, 0.5) is 10.2 Å². The summed E-state index contributed by atoms with van der Waals surface area (Å²) in [6.45, 7) is 2.57. The Morgan fingerprint density at radius 3 is 2.71 bits per heavy atom. The van der Waals surface area contributed by atoms with E-state index in [-0.39, 0.29) is 5.82 Å². The summed E-state index contributed by atoms with van der Waals surface area (Å²) in [5.41, 5.74) is 3.59. The summed E-state index contributed by atoms with van der Waals surface area (Å²) in [5.74, 6) is 1.20. The second-order valence-electron chi connectivity index (χ2n) is 6.84. The Bertz CT molecular complexity index is 922. The van der Waals surface area contributed by atoms with Crippen molar-refractivity contribution in [2.45, 2.75) is 18.0 Å². The summed E-state index contributed by atoms with van der Waals surface area (Å²) in [4.78, 5) is 12.5. The van der Waals surface area contributed by atoms with Crippen LogP contribution in [-0.4, -0.2) is 41.0 Å². The Morgan fingerprint density at radius 1 is 1.18 bits per heavy atom. The van der Waals surface area contributed by atoms with Gasteiger partial charge in [-0.3, -0.25) is 0 Å². The summed E-state index contributed by atoms with van der Waals surface area (Å²) >= 11 is 1.55. The maximum absolute atomic E-state index is 13.3. The maximum Gasteiger partial charge on any atom is 0.166 e. The molecule has 0 unspecified atom stereocenters. The van der Waals surface area contributed by atoms with Crippen LogP contribution in [0.1, 0.15) is 12.8 Å². The molecule has 1 aromatic carbocycles. The van der Waals surface area contributed by atoms with Crippen molar-refractivity contribution in [2.75, 3.05) is 31.3 Å². The Balaban J connectivity index is 1.59. The van der Waals surface area contributed by atoms with Crippen molar-refractivity contribution in [3.05, 3.63) is 48.4 Å². The average Bonchev–Trinajstić information content (AvgIpc) is 3.18. The third-order valence-corrected chi connectivity index (χ3v) is 5.53. The van der Waals surface area contributed by atoms with E-state index >= 15 is 0 Å². The van der Waals surface area contributed by atoms with E-state index in [1.807, 2.05) is 18.4 Å². The van der Waals surface area contributed by atoms with Crippen LogP contribution in [0.3, 0.4) is 0 Å². The molecular weight excluding hydrogens is 375 g/mol. The number of aromatic nitrogens is 3. The molecule has 1 fully saturated rings. The largest absolute Gasteiger partial charge is 0.381 e. The van der Waals surface area contributed by atoms with Gasteiger partial charge in [-0.05, 0) is 61.4 Å². The minimum Gasteiger partial charge on any atom is -0.381 e. The molecule has 0 bridgehead atoms. The molecule has 0 atom stereocenters. The van der Waals surface area contributed by atoms with E-state index < -0.39 is 0 Å². The maximum atomic E-state index is 13.3. The highest BCUT2D eigenvalue weighted by atomic mass is 32.2. The monoisotopic (exact) mass is 398 g/mol. The van der Waals surface area contributed by atoms with Crippen molar-refractivity contribution in [3.63, 3.8) is 0 Å². The number of aromatic amines is 1. The number of rotatable bonds is 6. The van der Waals surface area contributed by atoms with Gasteiger partial charge in [0.25, 0.3) is 0 Å². The molecule has 0 aliphatic carbocycles. The number of nitrogens with zero attached hydrogens (tertiary/aromatic N) is 2. The van der Waals surface area contributed by atoms with Crippen molar-refractivity contribution in [1.29, 1.82) is 0 Å². The van der Waals surface area contributed by atoms with Gasteiger partial charge in [0.2, 0.25) is 0 Å². The summed E-state index contributed by atoms with van der Waals surface area (Å²) in [6.07, 6.45) is 5.93. The van der Waals surface area contributed by atoms with Gasteiger partial charge in [0.1, 0.15) is 11.6 Å². The lowest BCUT2D eigenvalue weighted by Crippen LogP contribution is -2.22. The molecule has 3 aromatic rings. The summed E-state index contributed by atoms with van der Waals surface area (Å²) in [7, 11) is 0. The number of nitrogens with one attached hydrogen (secondary N) is 2. The molecule has 0 amide bonds. The predicted octanol–water partition coefficient (Wildman–Crippen LogP) is 4.84. The lowest BCUT2D eigenvalue weighted by molar-refractivity contribution is 0.0699. The van der Waals surface area contributed by atoms with E-state index in [0.29, 0.717) is 5.92 Å². The Labute approximate surface area is 168 Å². The molecular formula is C21H23FN4OS. The average molecular weight is 399 g/mol. The van der Waals surface area contributed by atoms with Crippen molar-refractivity contribution in [1.82, 2.24) is 15.0 Å². The van der Waals surface area contributed by atoms with Gasteiger partial charge in [-0.15, -0.1) is 0 Å². The fourth-order valence-corrected chi connectivity index (χ4v) is 3.74. The van der Waals surface area contributed by atoms with Gasteiger partial charge in [0.15, 0.2) is 5.16 Å². The van der Waals surface area contributed by atoms with E-state index in [2.05, 4.69) is 15.3 Å². The standard InChI is InChI=1S/C21H23FN4OS/c1-28-21-25-19(15-2-4-17(22)5-3-15)20(26-21)16-6-9-23-18(12-16)24-13-14-7-10-27-11-8-14/h2-6,9,12,14H,7-8,10-11,13H2,1H3,(H,23,24)(H,25,26). The molecule has 2 aromatic heterocycles. The van der Waals surface area contributed by atoms with Gasteiger partial charge in [0.05, 0.1) is 11.4 Å². The summed E-state index contributed by atoms with van der Waals surface area (Å²) < 4.78 is 18.8. The van der Waals surface area contributed by atoms with Crippen LogP contribution in [-0.2, 0) is 4.74 Å². The number of imidazole rings is 1. The molecule has 4 rings (SSSR count). The van der Waals surface area contributed by atoms with Crippen molar-refractivity contribution >= 4 is 17.6 Å². The smallest absolute Gasteiger partial charge is 0.166 e. The first-order valence-electron chi connectivity index (χ1n) is 9.41. The van der Waals surface area contributed by atoms with Gasteiger partial charge >= 0.3 is 0 Å². The summed E-state index contributed by atoms with van der Waals surface area (Å²) in [5, 5.41) is 4.27. The van der Waals surface area contributed by atoms with Gasteiger partial charge in [-0.1, -0.05) is 11.8 Å². The molecule has 0 saturated carbocycles. The highest BCUT2D eigenvalue weighted by Gasteiger charge is 2.16. The number of H-pyrrole nitrogens is 1. The second kappa shape index (κ2) is 8.75. The van der Waals surface area contributed by atoms with Crippen LogP contribution in [0.15, 0.2) is 47.8 Å². The SMILES string of the molecule is CSc1nc(-c2ccnc(NCC3CCOCC3)c2)c(-c2ccc(F)cc2)[nH]1. The third kappa shape index (κ3) is 4.36. The number of thioether (sulfide) groups is 1. The number of benzene rings is 1. The zero-order valence-electron chi connectivity index (χ0n) is 15.7. The number of halogens is 1. The quantitative estimate of drug-likeness (QED) is 0.582. The van der Waals surface area contributed by atoms with Crippen LogP contribution in [0, 0.1) is 11.7 Å². The van der Waals surface area contributed by atoms with Gasteiger partial charge < -0.3 is 15.0 Å². The van der Waals surface area contributed by atoms with E-state index in [4.69, 9.17) is 9.72 Å². The number of anilines is 1. The van der Waals surface area contributed by atoms with E-state index in [1.54, 1.807) is 30.1 Å². The Morgan fingerprint density at radius 2 is 1.96 bits per heavy atom. The number of hydrogen-bond acceptors (Lipinski definition) is 5. The fraction of sp³-hybridized carbons (Fsp3) is 0.333. The Hall–Kier alpha value is -2.38. The molecule has 1 saturated heterocycles. The molecule has 1 aliphatic rings. The Kier molecular flexibility index (Phi) is 5.92. The molecule has 1 aliphatic heterocycles. The fourth-order valence-electron chi connectivity index (χ4n) is 3.36. The number of pyridine rings is 1. The first-order chi connectivity index (χ1) is 13.7. The van der Waals surface area contributed by atoms with Crippen LogP contribution in [0.25, 0.3) is 22.5 Å². The molecule has 3 heterocycles. The molecule has 146 valence electrons. The van der Waals surface area contributed by atoms with Crippen LogP contribution in [0.2, 0.25) is 0 Å². The molecule has 0 spiro atoms. The minimum absolute atomic E-state index is 0.251. The van der Waals surface area contributed by atoms with Gasteiger partial charge in [-0.2, -0.15) is 0 Å². The molecule has 5 nitrogen and oxygen atoms in total. The van der Waals surface area contributed by atoms with Crippen LogP contribution < -0.4 is 5.32 Å². The minimum atomic E-state index is -0.251. The zero-order chi connectivity index (χ0) is 19.3. The number of hydrogen-bond donors (Lipinski definition) is 2. The zero-order valence-corrected chi connectivity index (χ0v) is 16.6. The topological polar surface area (TPSA) is 62.8 Å². The van der Waals surface area contributed by atoms with Gasteiger partial charge in [-0.25, -0.2) is 14.4 Å². The second-order valence-corrected chi connectivity index (χ2v) is 7.64. The molecule has 28 heavy (non-hydrogen) atoms. The molecule has 0 radical (unpaired) electrons. The van der Waals surface area contributed by atoms with E-state index in [9.17, 15) is 4.39 Å².